The number of carbonyl (C=O) groups is 2. The van der Waals surface area contributed by atoms with Gasteiger partial charge in [0.1, 0.15) is 22.6 Å². The van der Waals surface area contributed by atoms with Crippen molar-refractivity contribution in [3.05, 3.63) is 118 Å². The van der Waals surface area contributed by atoms with Crippen LogP contribution >= 0.6 is 0 Å². The van der Waals surface area contributed by atoms with E-state index in [4.69, 9.17) is 9.47 Å². The van der Waals surface area contributed by atoms with E-state index in [0.29, 0.717) is 11.1 Å². The first-order chi connectivity index (χ1) is 18.4. The minimum Gasteiger partial charge on any atom is -0.496 e. The van der Waals surface area contributed by atoms with E-state index in [9.17, 15) is 19.8 Å². The molecule has 4 rings (SSSR count). The first kappa shape index (κ1) is 25.6. The summed E-state index contributed by atoms with van der Waals surface area (Å²) in [6.07, 6.45) is 0. The summed E-state index contributed by atoms with van der Waals surface area (Å²) in [6.45, 7) is 0. The first-order valence-corrected chi connectivity index (χ1v) is 11.4. The summed E-state index contributed by atoms with van der Waals surface area (Å²) in [5.74, 6) is 10.5. The van der Waals surface area contributed by atoms with E-state index < -0.39 is 11.9 Å². The fourth-order valence-electron chi connectivity index (χ4n) is 3.69. The van der Waals surface area contributed by atoms with Crippen molar-refractivity contribution >= 4 is 11.9 Å². The molecule has 0 saturated carbocycles. The second-order valence-electron chi connectivity index (χ2n) is 8.10. The molecule has 6 nitrogen and oxygen atoms in total. The standard InChI is InChI=1S/C32H22O6/c1-37-29-17-11-23(19-27(29)31(33)34)5-3-21-7-13-25(14-8-21)26-15-9-22(10-16-26)4-6-24-12-18-30(38-2)28(20-24)32(35)36/h7-20H,1-2H3,(H,33,34)(H,35,36). The van der Waals surface area contributed by atoms with Crippen LogP contribution in [0.4, 0.5) is 0 Å². The van der Waals surface area contributed by atoms with Crippen molar-refractivity contribution in [1.29, 1.82) is 0 Å². The van der Waals surface area contributed by atoms with E-state index in [1.54, 1.807) is 24.3 Å². The number of rotatable bonds is 5. The lowest BCUT2D eigenvalue weighted by Gasteiger charge is -2.04. The number of carboxylic acid groups (broad SMARTS) is 2. The van der Waals surface area contributed by atoms with Gasteiger partial charge in [-0.25, -0.2) is 9.59 Å². The number of aromatic carboxylic acids is 2. The fraction of sp³-hybridized carbons (Fsp3) is 0.0625. The Kier molecular flexibility index (Phi) is 7.77. The number of hydrogen-bond acceptors (Lipinski definition) is 4. The van der Waals surface area contributed by atoms with Gasteiger partial charge in [-0.3, -0.25) is 0 Å². The smallest absolute Gasteiger partial charge is 0.339 e. The minimum absolute atomic E-state index is 0.0665. The molecule has 0 atom stereocenters. The molecule has 0 aliphatic heterocycles. The lowest BCUT2D eigenvalue weighted by molar-refractivity contribution is 0.0682. The topological polar surface area (TPSA) is 93.1 Å². The van der Waals surface area contributed by atoms with Gasteiger partial charge in [0, 0.05) is 22.3 Å². The van der Waals surface area contributed by atoms with E-state index in [-0.39, 0.29) is 22.6 Å². The van der Waals surface area contributed by atoms with Crippen LogP contribution in [0.2, 0.25) is 0 Å². The highest BCUT2D eigenvalue weighted by Gasteiger charge is 2.11. The Hall–Kier alpha value is -5.46. The maximum atomic E-state index is 11.4. The van der Waals surface area contributed by atoms with Gasteiger partial charge in [-0.15, -0.1) is 0 Å². The summed E-state index contributed by atoms with van der Waals surface area (Å²) >= 11 is 0. The quantitative estimate of drug-likeness (QED) is 0.347. The van der Waals surface area contributed by atoms with Gasteiger partial charge < -0.3 is 19.7 Å². The number of hydrogen-bond donors (Lipinski definition) is 2. The number of benzene rings is 4. The highest BCUT2D eigenvalue weighted by molar-refractivity contribution is 5.92. The van der Waals surface area contributed by atoms with Crippen molar-refractivity contribution in [2.24, 2.45) is 0 Å². The zero-order chi connectivity index (χ0) is 27.1. The lowest BCUT2D eigenvalue weighted by Crippen LogP contribution is -2.00. The molecule has 0 bridgehead atoms. The van der Waals surface area contributed by atoms with Crippen molar-refractivity contribution in [3.8, 4) is 46.3 Å². The molecule has 0 fully saturated rings. The van der Waals surface area contributed by atoms with Gasteiger partial charge in [-0.2, -0.15) is 0 Å². The Labute approximate surface area is 220 Å². The van der Waals surface area contributed by atoms with Gasteiger partial charge in [0.25, 0.3) is 0 Å². The molecule has 38 heavy (non-hydrogen) atoms. The predicted octanol–water partition coefficient (Wildman–Crippen LogP) is 5.57. The van der Waals surface area contributed by atoms with Crippen LogP contribution in [0.15, 0.2) is 84.9 Å². The molecule has 0 unspecified atom stereocenters. The summed E-state index contributed by atoms with van der Waals surface area (Å²) < 4.78 is 10.2. The van der Waals surface area contributed by atoms with E-state index in [1.807, 2.05) is 48.5 Å². The molecule has 6 heteroatoms. The Bertz CT molecular complexity index is 1500. The maximum Gasteiger partial charge on any atom is 0.339 e. The molecule has 0 amide bonds. The summed E-state index contributed by atoms with van der Waals surface area (Å²) in [5.41, 5.74) is 4.90. The molecule has 0 aliphatic carbocycles. The third-order valence-electron chi connectivity index (χ3n) is 5.67. The number of carboxylic acids is 2. The minimum atomic E-state index is -1.07. The molecule has 0 radical (unpaired) electrons. The molecule has 0 spiro atoms. The van der Waals surface area contributed by atoms with E-state index in [0.717, 1.165) is 22.3 Å². The van der Waals surface area contributed by atoms with Crippen LogP contribution in [0.1, 0.15) is 43.0 Å². The fourth-order valence-corrected chi connectivity index (χ4v) is 3.69. The van der Waals surface area contributed by atoms with Gasteiger partial charge in [0.15, 0.2) is 0 Å². The van der Waals surface area contributed by atoms with Crippen LogP contribution in [0, 0.1) is 23.7 Å². The molecular weight excluding hydrogens is 480 g/mol. The third kappa shape index (κ3) is 6.02. The molecule has 0 aliphatic rings. The largest absolute Gasteiger partial charge is 0.496 e. The lowest BCUT2D eigenvalue weighted by atomic mass is 10.0. The first-order valence-electron chi connectivity index (χ1n) is 11.4. The summed E-state index contributed by atoms with van der Waals surface area (Å²) in [6, 6.07) is 25.1. The summed E-state index contributed by atoms with van der Waals surface area (Å²) in [7, 11) is 2.85. The van der Waals surface area contributed by atoms with Crippen molar-refractivity contribution < 1.29 is 29.3 Å². The van der Waals surface area contributed by atoms with Gasteiger partial charge in [0.05, 0.1) is 14.2 Å². The van der Waals surface area contributed by atoms with Crippen molar-refractivity contribution in [1.82, 2.24) is 0 Å². The highest BCUT2D eigenvalue weighted by Crippen LogP contribution is 2.22. The Morgan fingerprint density at radius 2 is 0.842 bits per heavy atom. The molecular formula is C32H22O6. The molecule has 0 aromatic heterocycles. The monoisotopic (exact) mass is 502 g/mol. The summed E-state index contributed by atoms with van der Waals surface area (Å²) in [5, 5.41) is 18.7. The molecule has 186 valence electrons. The van der Waals surface area contributed by atoms with E-state index in [2.05, 4.69) is 23.7 Å². The second-order valence-corrected chi connectivity index (χ2v) is 8.10. The number of ether oxygens (including phenoxy) is 2. The van der Waals surface area contributed by atoms with E-state index in [1.165, 1.54) is 26.4 Å². The SMILES string of the molecule is COc1ccc(C#Cc2ccc(-c3ccc(C#Cc4ccc(OC)c(C(=O)O)c4)cc3)cc2)cc1C(=O)O. The predicted molar refractivity (Wildman–Crippen MR) is 144 cm³/mol. The van der Waals surface area contributed by atoms with Crippen molar-refractivity contribution in [2.45, 2.75) is 0 Å². The molecule has 0 saturated heterocycles. The van der Waals surface area contributed by atoms with Gasteiger partial charge >= 0.3 is 11.9 Å². The van der Waals surface area contributed by atoms with Gasteiger partial charge in [-0.05, 0) is 71.8 Å². The normalized spacial score (nSPS) is 9.84. The van der Waals surface area contributed by atoms with Crippen molar-refractivity contribution in [3.63, 3.8) is 0 Å². The molecule has 0 heterocycles. The molecule has 4 aromatic rings. The maximum absolute atomic E-state index is 11.4. The zero-order valence-electron chi connectivity index (χ0n) is 20.6. The van der Waals surface area contributed by atoms with Crippen LogP contribution in [0.3, 0.4) is 0 Å². The Balaban J connectivity index is 1.47. The summed E-state index contributed by atoms with van der Waals surface area (Å²) in [4.78, 5) is 22.8. The average Bonchev–Trinajstić information content (AvgIpc) is 2.95. The zero-order valence-corrected chi connectivity index (χ0v) is 20.6. The van der Waals surface area contributed by atoms with Crippen LogP contribution in [0.5, 0.6) is 11.5 Å². The van der Waals surface area contributed by atoms with Gasteiger partial charge in [0.2, 0.25) is 0 Å². The van der Waals surface area contributed by atoms with E-state index >= 15 is 0 Å². The van der Waals surface area contributed by atoms with Crippen molar-refractivity contribution in [2.75, 3.05) is 14.2 Å². The van der Waals surface area contributed by atoms with Gasteiger partial charge in [-0.1, -0.05) is 47.9 Å². The van der Waals surface area contributed by atoms with Crippen LogP contribution in [-0.4, -0.2) is 36.4 Å². The average molecular weight is 503 g/mol. The third-order valence-corrected chi connectivity index (χ3v) is 5.67. The Morgan fingerprint density at radius 3 is 1.16 bits per heavy atom. The number of methoxy groups -OCH3 is 2. The van der Waals surface area contributed by atoms with Crippen LogP contribution in [-0.2, 0) is 0 Å². The van der Waals surface area contributed by atoms with Crippen LogP contribution in [0.25, 0.3) is 11.1 Å². The Morgan fingerprint density at radius 1 is 0.526 bits per heavy atom. The molecule has 4 aromatic carbocycles. The second kappa shape index (κ2) is 11.5. The van der Waals surface area contributed by atoms with Crippen LogP contribution < -0.4 is 9.47 Å². The highest BCUT2D eigenvalue weighted by atomic mass is 16.5. The molecule has 2 N–H and O–H groups in total.